The number of carbonyl (C=O) groups is 4. The van der Waals surface area contributed by atoms with Crippen molar-refractivity contribution >= 4 is 29.3 Å². The predicted octanol–water partition coefficient (Wildman–Crippen LogP) is 1.17. The van der Waals surface area contributed by atoms with Crippen molar-refractivity contribution in [3.05, 3.63) is 65.7 Å². The zero-order valence-corrected chi connectivity index (χ0v) is 14.6. The summed E-state index contributed by atoms with van der Waals surface area (Å²) in [6.45, 7) is 0. The number of imide groups is 1. The molecule has 7 heteroatoms. The van der Waals surface area contributed by atoms with E-state index >= 15 is 0 Å². The fourth-order valence-corrected chi connectivity index (χ4v) is 2.94. The van der Waals surface area contributed by atoms with Gasteiger partial charge in [0.25, 0.3) is 5.91 Å². The van der Waals surface area contributed by atoms with E-state index in [4.69, 9.17) is 5.73 Å². The van der Waals surface area contributed by atoms with Gasteiger partial charge < -0.3 is 11.1 Å². The molecule has 1 unspecified atom stereocenters. The number of nitrogens with two attached hydrogens (primary N) is 1. The van der Waals surface area contributed by atoms with Gasteiger partial charge in [0.15, 0.2) is 0 Å². The summed E-state index contributed by atoms with van der Waals surface area (Å²) in [5.41, 5.74) is 7.02. The first-order valence-electron chi connectivity index (χ1n) is 8.55. The lowest BCUT2D eigenvalue weighted by Crippen LogP contribution is -2.45. The maximum atomic E-state index is 12.4. The number of benzene rings is 2. The number of nitrogens with one attached hydrogen (secondary N) is 1. The topological polar surface area (TPSA) is 110 Å². The van der Waals surface area contributed by atoms with E-state index < -0.39 is 17.9 Å². The van der Waals surface area contributed by atoms with Gasteiger partial charge in [-0.1, -0.05) is 30.3 Å². The number of hydrogen-bond acceptors (Lipinski definition) is 4. The van der Waals surface area contributed by atoms with Gasteiger partial charge >= 0.3 is 0 Å². The first-order valence-corrected chi connectivity index (χ1v) is 8.55. The molecule has 0 bridgehead atoms. The van der Waals surface area contributed by atoms with Gasteiger partial charge in [-0.3, -0.25) is 24.1 Å². The first kappa shape index (κ1) is 18.3. The minimum Gasteiger partial charge on any atom is -0.368 e. The standard InChI is InChI=1S/C20H19N3O4/c21-19(26)16(12-13-4-2-1-3-5-13)22-20(27)14-6-8-15(9-7-14)23-17(24)10-11-18(23)25/h1-9,16H,10-12H2,(H2,21,26)(H,22,27). The summed E-state index contributed by atoms with van der Waals surface area (Å²) in [4.78, 5) is 48.8. The maximum absolute atomic E-state index is 12.4. The van der Waals surface area contributed by atoms with Crippen molar-refractivity contribution < 1.29 is 19.2 Å². The average molecular weight is 365 g/mol. The SMILES string of the molecule is NC(=O)C(Cc1ccccc1)NC(=O)c1ccc(N2C(=O)CCC2=O)cc1. The lowest BCUT2D eigenvalue weighted by Gasteiger charge is -2.17. The Morgan fingerprint density at radius 1 is 0.963 bits per heavy atom. The van der Waals surface area contributed by atoms with Crippen LogP contribution in [-0.4, -0.2) is 29.7 Å². The van der Waals surface area contributed by atoms with Crippen LogP contribution in [0.15, 0.2) is 54.6 Å². The Labute approximate surface area is 156 Å². The van der Waals surface area contributed by atoms with Crippen LogP contribution in [0.25, 0.3) is 0 Å². The second-order valence-corrected chi connectivity index (χ2v) is 6.29. The Bertz CT molecular complexity index is 862. The monoisotopic (exact) mass is 365 g/mol. The summed E-state index contributed by atoms with van der Waals surface area (Å²) in [6.07, 6.45) is 0.679. The quantitative estimate of drug-likeness (QED) is 0.749. The fourth-order valence-electron chi connectivity index (χ4n) is 2.94. The van der Waals surface area contributed by atoms with Gasteiger partial charge in [0.1, 0.15) is 6.04 Å². The van der Waals surface area contributed by atoms with E-state index in [0.717, 1.165) is 10.5 Å². The Kier molecular flexibility index (Phi) is 5.30. The van der Waals surface area contributed by atoms with Crippen LogP contribution >= 0.6 is 0 Å². The van der Waals surface area contributed by atoms with E-state index in [9.17, 15) is 19.2 Å². The van der Waals surface area contributed by atoms with E-state index in [1.54, 1.807) is 0 Å². The van der Waals surface area contributed by atoms with Crippen molar-refractivity contribution in [1.29, 1.82) is 0 Å². The Balaban J connectivity index is 1.70. The van der Waals surface area contributed by atoms with Crippen LogP contribution in [-0.2, 0) is 20.8 Å². The van der Waals surface area contributed by atoms with Gasteiger partial charge in [-0.05, 0) is 29.8 Å². The van der Waals surface area contributed by atoms with E-state index in [-0.39, 0.29) is 31.1 Å². The summed E-state index contributed by atoms with van der Waals surface area (Å²) < 4.78 is 0. The van der Waals surface area contributed by atoms with Crippen molar-refractivity contribution in [2.75, 3.05) is 4.90 Å². The van der Waals surface area contributed by atoms with Gasteiger partial charge in [-0.15, -0.1) is 0 Å². The normalized spacial score (nSPS) is 14.9. The third-order valence-corrected chi connectivity index (χ3v) is 4.37. The van der Waals surface area contributed by atoms with Gasteiger partial charge in [-0.25, -0.2) is 0 Å². The predicted molar refractivity (Wildman–Crippen MR) is 98.8 cm³/mol. The second kappa shape index (κ2) is 7.82. The van der Waals surface area contributed by atoms with Crippen LogP contribution in [0.2, 0.25) is 0 Å². The number of primary amides is 1. The molecule has 0 saturated carbocycles. The lowest BCUT2D eigenvalue weighted by atomic mass is 10.0. The fraction of sp³-hybridized carbons (Fsp3) is 0.200. The molecule has 1 atom stereocenters. The highest BCUT2D eigenvalue weighted by Crippen LogP contribution is 2.22. The molecule has 1 aliphatic rings. The Morgan fingerprint density at radius 3 is 2.11 bits per heavy atom. The third-order valence-electron chi connectivity index (χ3n) is 4.37. The third kappa shape index (κ3) is 4.20. The van der Waals surface area contributed by atoms with Crippen molar-refractivity contribution in [3.8, 4) is 0 Å². The van der Waals surface area contributed by atoms with Crippen molar-refractivity contribution in [2.24, 2.45) is 5.73 Å². The summed E-state index contributed by atoms with van der Waals surface area (Å²) in [5, 5.41) is 2.63. The Hall–Kier alpha value is -3.48. The minimum absolute atomic E-state index is 0.195. The molecule has 138 valence electrons. The number of amides is 4. The molecule has 3 N–H and O–H groups in total. The largest absolute Gasteiger partial charge is 0.368 e. The molecule has 1 aliphatic heterocycles. The number of anilines is 1. The number of hydrogen-bond donors (Lipinski definition) is 2. The Morgan fingerprint density at radius 2 is 1.56 bits per heavy atom. The molecule has 27 heavy (non-hydrogen) atoms. The summed E-state index contributed by atoms with van der Waals surface area (Å²) in [7, 11) is 0. The van der Waals surface area contributed by atoms with Gasteiger partial charge in [-0.2, -0.15) is 0 Å². The molecule has 0 spiro atoms. The minimum atomic E-state index is -0.846. The smallest absolute Gasteiger partial charge is 0.251 e. The highest BCUT2D eigenvalue weighted by Gasteiger charge is 2.30. The van der Waals surface area contributed by atoms with E-state index in [0.29, 0.717) is 11.3 Å². The highest BCUT2D eigenvalue weighted by atomic mass is 16.2. The van der Waals surface area contributed by atoms with E-state index in [2.05, 4.69) is 5.32 Å². The number of nitrogens with zero attached hydrogens (tertiary/aromatic N) is 1. The average Bonchev–Trinajstić information content (AvgIpc) is 3.00. The van der Waals surface area contributed by atoms with E-state index in [1.165, 1.54) is 24.3 Å². The lowest BCUT2D eigenvalue weighted by molar-refractivity contribution is -0.121. The zero-order chi connectivity index (χ0) is 19.4. The van der Waals surface area contributed by atoms with Crippen LogP contribution in [0.5, 0.6) is 0 Å². The molecule has 0 aliphatic carbocycles. The summed E-state index contributed by atoms with van der Waals surface area (Å²) in [5.74, 6) is -1.60. The first-order chi connectivity index (χ1) is 13.0. The number of carbonyl (C=O) groups excluding carboxylic acids is 4. The van der Waals surface area contributed by atoms with Gasteiger partial charge in [0.05, 0.1) is 5.69 Å². The van der Waals surface area contributed by atoms with Crippen LogP contribution < -0.4 is 16.0 Å². The molecule has 1 saturated heterocycles. The molecule has 3 rings (SSSR count). The summed E-state index contributed by atoms with van der Waals surface area (Å²) in [6, 6.07) is 14.5. The zero-order valence-electron chi connectivity index (χ0n) is 14.6. The van der Waals surface area contributed by atoms with Gasteiger partial charge in [0, 0.05) is 24.8 Å². The van der Waals surface area contributed by atoms with Gasteiger partial charge in [0.2, 0.25) is 17.7 Å². The molecule has 2 aromatic rings. The molecule has 0 radical (unpaired) electrons. The number of rotatable bonds is 6. The summed E-state index contributed by atoms with van der Waals surface area (Å²) >= 11 is 0. The molecule has 0 aromatic heterocycles. The highest BCUT2D eigenvalue weighted by molar-refractivity contribution is 6.19. The van der Waals surface area contributed by atoms with Crippen LogP contribution in [0.3, 0.4) is 0 Å². The van der Waals surface area contributed by atoms with Crippen LogP contribution in [0, 0.1) is 0 Å². The molecule has 1 fully saturated rings. The van der Waals surface area contributed by atoms with Crippen LogP contribution in [0.4, 0.5) is 5.69 Å². The van der Waals surface area contributed by atoms with E-state index in [1.807, 2.05) is 30.3 Å². The van der Waals surface area contributed by atoms with Crippen LogP contribution in [0.1, 0.15) is 28.8 Å². The molecular formula is C20H19N3O4. The second-order valence-electron chi connectivity index (χ2n) is 6.29. The van der Waals surface area contributed by atoms with Crippen molar-refractivity contribution in [1.82, 2.24) is 5.32 Å². The molecule has 1 heterocycles. The van der Waals surface area contributed by atoms with Crippen molar-refractivity contribution in [2.45, 2.75) is 25.3 Å². The van der Waals surface area contributed by atoms with Crippen molar-refractivity contribution in [3.63, 3.8) is 0 Å². The molecule has 2 aromatic carbocycles. The molecular weight excluding hydrogens is 346 g/mol. The molecule has 4 amide bonds. The molecule has 7 nitrogen and oxygen atoms in total. The maximum Gasteiger partial charge on any atom is 0.251 e.